The minimum atomic E-state index is -0.210. The Hall–Kier alpha value is -4.44. The number of carbonyl (C=O) groups excluding carboxylic acids is 2. The number of rotatable bonds is 4. The summed E-state index contributed by atoms with van der Waals surface area (Å²) in [4.78, 5) is 37.3. The van der Waals surface area contributed by atoms with Crippen molar-refractivity contribution in [2.24, 2.45) is 0 Å². The van der Waals surface area contributed by atoms with Gasteiger partial charge in [-0.15, -0.1) is 0 Å². The Morgan fingerprint density at radius 3 is 2.64 bits per heavy atom. The summed E-state index contributed by atoms with van der Waals surface area (Å²) in [7, 11) is 0. The van der Waals surface area contributed by atoms with E-state index in [1.54, 1.807) is 18.0 Å². The molecule has 2 aromatic heterocycles. The minimum Gasteiger partial charge on any atom is -0.382 e. The molecule has 1 atom stereocenters. The summed E-state index contributed by atoms with van der Waals surface area (Å²) in [6.45, 7) is 10.6. The first-order chi connectivity index (χ1) is 18.6. The molecule has 0 radical (unpaired) electrons. The summed E-state index contributed by atoms with van der Waals surface area (Å²) in [5.74, 6) is 6.25. The average molecular weight is 520 g/mol. The maximum atomic E-state index is 13.5. The fourth-order valence-corrected chi connectivity index (χ4v) is 5.33. The summed E-state index contributed by atoms with van der Waals surface area (Å²) in [6.07, 6.45) is 5.14. The smallest absolute Gasteiger partial charge is 0.299 e. The first kappa shape index (κ1) is 26.2. The molecule has 3 heterocycles. The molecule has 4 aromatic rings. The highest BCUT2D eigenvalue weighted by Gasteiger charge is 2.33. The molecule has 1 saturated heterocycles. The van der Waals surface area contributed by atoms with Crippen molar-refractivity contribution in [3.8, 4) is 23.1 Å². The van der Waals surface area contributed by atoms with E-state index in [1.807, 2.05) is 53.9 Å². The molecule has 0 unspecified atom stereocenters. The molecule has 0 spiro atoms. The van der Waals surface area contributed by atoms with Crippen LogP contribution in [0.2, 0.25) is 0 Å². The fraction of sp³-hybridized carbons (Fsp3) is 0.312. The zero-order valence-corrected chi connectivity index (χ0v) is 23.1. The van der Waals surface area contributed by atoms with E-state index in [9.17, 15) is 9.59 Å². The highest BCUT2D eigenvalue weighted by atomic mass is 16.2. The number of fused-ring (bicyclic) bond motifs is 1. The average Bonchev–Trinajstić information content (AvgIpc) is 3.54. The van der Waals surface area contributed by atoms with Gasteiger partial charge in [-0.2, -0.15) is 0 Å². The predicted octanol–water partition coefficient (Wildman–Crippen LogP) is 5.50. The molecule has 1 amide bonds. The number of nitrogen functional groups attached to an aromatic ring is 1. The lowest BCUT2D eigenvalue weighted by Crippen LogP contribution is -2.30. The second kappa shape index (κ2) is 10.0. The topological polar surface area (TPSA) is 93.6 Å². The Bertz CT molecular complexity index is 1670. The molecule has 7 heteroatoms. The number of hydrogen-bond acceptors (Lipinski definition) is 5. The molecule has 7 nitrogen and oxygen atoms in total. The number of ketones is 1. The van der Waals surface area contributed by atoms with Crippen molar-refractivity contribution < 1.29 is 9.59 Å². The van der Waals surface area contributed by atoms with Crippen LogP contribution in [-0.4, -0.2) is 37.5 Å². The van der Waals surface area contributed by atoms with Crippen LogP contribution in [0.15, 0.2) is 54.9 Å². The van der Waals surface area contributed by atoms with Gasteiger partial charge in [0.25, 0.3) is 5.91 Å². The van der Waals surface area contributed by atoms with Crippen molar-refractivity contribution >= 4 is 23.0 Å². The van der Waals surface area contributed by atoms with E-state index in [0.717, 1.165) is 35.4 Å². The van der Waals surface area contributed by atoms with Gasteiger partial charge in [0, 0.05) is 35.6 Å². The number of amides is 1. The molecular formula is C32H33N5O2. The molecule has 0 saturated carbocycles. The van der Waals surface area contributed by atoms with E-state index in [1.165, 1.54) is 0 Å². The third kappa shape index (κ3) is 4.79. The first-order valence-corrected chi connectivity index (χ1v) is 13.2. The quantitative estimate of drug-likeness (QED) is 0.284. The van der Waals surface area contributed by atoms with Crippen molar-refractivity contribution in [3.63, 3.8) is 0 Å². The van der Waals surface area contributed by atoms with Crippen LogP contribution < -0.4 is 5.73 Å². The van der Waals surface area contributed by atoms with Gasteiger partial charge in [0.05, 0.1) is 6.04 Å². The number of anilines is 1. The largest absolute Gasteiger partial charge is 0.382 e. The van der Waals surface area contributed by atoms with Gasteiger partial charge in [-0.25, -0.2) is 9.97 Å². The van der Waals surface area contributed by atoms with Crippen molar-refractivity contribution in [1.29, 1.82) is 0 Å². The first-order valence-electron chi connectivity index (χ1n) is 13.2. The number of benzene rings is 2. The van der Waals surface area contributed by atoms with E-state index < -0.39 is 0 Å². The van der Waals surface area contributed by atoms with E-state index >= 15 is 0 Å². The van der Waals surface area contributed by atoms with Gasteiger partial charge in [0.1, 0.15) is 22.9 Å². The molecule has 1 aliphatic heterocycles. The number of nitrogens with zero attached hydrogens (tertiary/aromatic N) is 4. The van der Waals surface area contributed by atoms with Crippen molar-refractivity contribution in [2.75, 3.05) is 12.3 Å². The van der Waals surface area contributed by atoms with Gasteiger partial charge in [-0.1, -0.05) is 57.0 Å². The van der Waals surface area contributed by atoms with Crippen molar-refractivity contribution in [2.45, 2.75) is 58.9 Å². The Morgan fingerprint density at radius 1 is 1.13 bits per heavy atom. The summed E-state index contributed by atoms with van der Waals surface area (Å²) in [6, 6.07) is 13.4. The highest BCUT2D eigenvalue weighted by molar-refractivity contribution is 6.10. The normalized spacial score (nSPS) is 15.3. The molecule has 0 bridgehead atoms. The second-order valence-electron chi connectivity index (χ2n) is 11.1. The molecule has 1 fully saturated rings. The standard InChI is InChI=1S/C32H33N5O2/c1-6-9-26(38)36-16-8-12-25(36)31-35-27(28-30(33)34-15-17-37(28)31)21-13-14-24(20(2)18-21)29(39)22-10-7-11-23(19-22)32(3,4)5/h7,10-11,13-15,17-19,25H,8,12,16H2,1-5H3,(H2,33,34)/t25-/m0/s1. The lowest BCUT2D eigenvalue weighted by molar-refractivity contribution is -0.126. The molecule has 2 aromatic carbocycles. The Kier molecular flexibility index (Phi) is 6.73. The summed E-state index contributed by atoms with van der Waals surface area (Å²) >= 11 is 0. The van der Waals surface area contributed by atoms with Crippen LogP contribution in [0.1, 0.15) is 79.5 Å². The summed E-state index contributed by atoms with van der Waals surface area (Å²) in [5.41, 5.74) is 11.8. The van der Waals surface area contributed by atoms with Crippen LogP contribution in [0.3, 0.4) is 0 Å². The van der Waals surface area contributed by atoms with Gasteiger partial charge in [-0.3, -0.25) is 14.0 Å². The number of aryl methyl sites for hydroxylation is 1. The van der Waals surface area contributed by atoms with Gasteiger partial charge >= 0.3 is 0 Å². The fourth-order valence-electron chi connectivity index (χ4n) is 5.33. The molecule has 2 N–H and O–H groups in total. The van der Waals surface area contributed by atoms with E-state index in [4.69, 9.17) is 10.7 Å². The minimum absolute atomic E-state index is 0.0149. The molecular weight excluding hydrogens is 486 g/mol. The highest BCUT2D eigenvalue weighted by Crippen LogP contribution is 2.37. The second-order valence-corrected chi connectivity index (χ2v) is 11.1. The zero-order valence-electron chi connectivity index (χ0n) is 23.1. The van der Waals surface area contributed by atoms with Gasteiger partial charge in [0.2, 0.25) is 0 Å². The Labute approximate surface area is 229 Å². The summed E-state index contributed by atoms with van der Waals surface area (Å²) < 4.78 is 1.93. The molecule has 5 rings (SSSR count). The van der Waals surface area contributed by atoms with Crippen LogP contribution in [0, 0.1) is 18.8 Å². The summed E-state index contributed by atoms with van der Waals surface area (Å²) in [5, 5.41) is 0. The maximum Gasteiger partial charge on any atom is 0.299 e. The number of imidazole rings is 1. The maximum absolute atomic E-state index is 13.5. The van der Waals surface area contributed by atoms with Gasteiger partial charge in [-0.05, 0) is 61.3 Å². The number of hydrogen-bond donors (Lipinski definition) is 1. The van der Waals surface area contributed by atoms with Crippen molar-refractivity contribution in [3.05, 3.63) is 82.9 Å². The zero-order chi connectivity index (χ0) is 27.9. The van der Waals surface area contributed by atoms with Crippen LogP contribution >= 0.6 is 0 Å². The van der Waals surface area contributed by atoms with Crippen LogP contribution in [0.5, 0.6) is 0 Å². The molecule has 39 heavy (non-hydrogen) atoms. The van der Waals surface area contributed by atoms with E-state index in [2.05, 4.69) is 43.7 Å². The lowest BCUT2D eigenvalue weighted by atomic mass is 9.85. The Balaban J connectivity index is 1.56. The third-order valence-corrected chi connectivity index (χ3v) is 7.39. The molecule has 0 aliphatic carbocycles. The Morgan fingerprint density at radius 2 is 1.92 bits per heavy atom. The third-order valence-electron chi connectivity index (χ3n) is 7.39. The molecule has 1 aliphatic rings. The monoisotopic (exact) mass is 519 g/mol. The van der Waals surface area contributed by atoms with E-state index in [0.29, 0.717) is 34.7 Å². The molecule has 198 valence electrons. The number of aromatic nitrogens is 3. The van der Waals surface area contributed by atoms with Gasteiger partial charge in [0.15, 0.2) is 5.78 Å². The van der Waals surface area contributed by atoms with Crippen LogP contribution in [0.4, 0.5) is 5.82 Å². The van der Waals surface area contributed by atoms with Gasteiger partial charge < -0.3 is 10.6 Å². The van der Waals surface area contributed by atoms with Crippen LogP contribution in [0.25, 0.3) is 16.8 Å². The predicted molar refractivity (Wildman–Crippen MR) is 153 cm³/mol. The van der Waals surface area contributed by atoms with Crippen LogP contribution in [-0.2, 0) is 10.2 Å². The lowest BCUT2D eigenvalue weighted by Gasteiger charge is -2.21. The SMILES string of the molecule is CC#CC(=O)N1CCC[C@H]1c1nc(-c2ccc(C(=O)c3cccc(C(C)(C)C)c3)c(C)c2)c2c(N)nccn12. The van der Waals surface area contributed by atoms with E-state index in [-0.39, 0.29) is 23.1 Å². The number of likely N-dealkylation sites (tertiary alicyclic amines) is 1. The number of nitrogens with two attached hydrogens (primary N) is 1. The number of carbonyl (C=O) groups is 2. The van der Waals surface area contributed by atoms with Crippen molar-refractivity contribution in [1.82, 2.24) is 19.3 Å².